The lowest BCUT2D eigenvalue weighted by atomic mass is 10.2. The van der Waals surface area contributed by atoms with Gasteiger partial charge < -0.3 is 4.74 Å². The van der Waals surface area contributed by atoms with Crippen LogP contribution in [-0.2, 0) is 17.6 Å². The highest BCUT2D eigenvalue weighted by molar-refractivity contribution is 7.11. The highest BCUT2D eigenvalue weighted by Gasteiger charge is 2.10. The topological polar surface area (TPSA) is 47.3 Å². The molecule has 0 bridgehead atoms. The monoisotopic (exact) mass is 242 g/mol. The number of nitrogens with two attached hydrogens (primary N) is 1. The second-order valence-electron chi connectivity index (χ2n) is 4.17. The summed E-state index contributed by atoms with van der Waals surface area (Å²) in [5, 5.41) is 0. The normalized spacial score (nSPS) is 13.3. The predicted octanol–water partition coefficient (Wildman–Crippen LogP) is 2.11. The standard InChI is InChI=1S/C12H22N2OS/c1-4-11-5-6-12(16-11)7-10(14-13)8-15-9(2)3/h5-6,9-10,14H,4,7-8,13H2,1-3H3. The minimum atomic E-state index is 0.200. The summed E-state index contributed by atoms with van der Waals surface area (Å²) >= 11 is 1.86. The molecule has 1 rings (SSSR count). The molecule has 1 heterocycles. The second kappa shape index (κ2) is 7.01. The summed E-state index contributed by atoms with van der Waals surface area (Å²) in [6.07, 6.45) is 2.30. The third-order valence-corrected chi connectivity index (χ3v) is 3.63. The van der Waals surface area contributed by atoms with Crippen molar-refractivity contribution in [2.24, 2.45) is 5.84 Å². The van der Waals surface area contributed by atoms with E-state index in [-0.39, 0.29) is 12.1 Å². The molecule has 16 heavy (non-hydrogen) atoms. The molecule has 0 aromatic carbocycles. The molecule has 3 nitrogen and oxygen atoms in total. The van der Waals surface area contributed by atoms with E-state index < -0.39 is 0 Å². The van der Waals surface area contributed by atoms with Crippen LogP contribution in [0.1, 0.15) is 30.5 Å². The van der Waals surface area contributed by atoms with E-state index >= 15 is 0 Å². The SMILES string of the molecule is CCc1ccc(CC(COC(C)C)NN)s1. The molecule has 92 valence electrons. The van der Waals surface area contributed by atoms with E-state index in [9.17, 15) is 0 Å². The zero-order valence-electron chi connectivity index (χ0n) is 10.3. The highest BCUT2D eigenvalue weighted by Crippen LogP contribution is 2.18. The molecule has 1 atom stereocenters. The van der Waals surface area contributed by atoms with Gasteiger partial charge in [-0.3, -0.25) is 11.3 Å². The van der Waals surface area contributed by atoms with Crippen LogP contribution in [0.4, 0.5) is 0 Å². The Kier molecular flexibility index (Phi) is 5.98. The van der Waals surface area contributed by atoms with E-state index in [1.807, 2.05) is 25.2 Å². The number of thiophene rings is 1. The van der Waals surface area contributed by atoms with E-state index in [1.165, 1.54) is 9.75 Å². The van der Waals surface area contributed by atoms with Crippen molar-refractivity contribution >= 4 is 11.3 Å². The lowest BCUT2D eigenvalue weighted by Crippen LogP contribution is -2.40. The Morgan fingerprint density at radius 1 is 1.38 bits per heavy atom. The fourth-order valence-electron chi connectivity index (χ4n) is 1.44. The molecule has 3 N–H and O–H groups in total. The van der Waals surface area contributed by atoms with Gasteiger partial charge in [0.05, 0.1) is 12.7 Å². The van der Waals surface area contributed by atoms with Gasteiger partial charge in [-0.2, -0.15) is 0 Å². The summed E-state index contributed by atoms with van der Waals surface area (Å²) in [5.74, 6) is 5.52. The summed E-state index contributed by atoms with van der Waals surface area (Å²) in [4.78, 5) is 2.79. The van der Waals surface area contributed by atoms with Crippen LogP contribution in [0.3, 0.4) is 0 Å². The van der Waals surface area contributed by atoms with Gasteiger partial charge in [0.2, 0.25) is 0 Å². The van der Waals surface area contributed by atoms with Gasteiger partial charge in [0.25, 0.3) is 0 Å². The van der Waals surface area contributed by atoms with Crippen LogP contribution in [0.15, 0.2) is 12.1 Å². The Morgan fingerprint density at radius 2 is 2.06 bits per heavy atom. The van der Waals surface area contributed by atoms with Crippen LogP contribution < -0.4 is 11.3 Å². The Labute approximate surface area is 102 Å². The summed E-state index contributed by atoms with van der Waals surface area (Å²) in [7, 11) is 0. The Hall–Kier alpha value is -0.420. The largest absolute Gasteiger partial charge is 0.377 e. The highest BCUT2D eigenvalue weighted by atomic mass is 32.1. The molecule has 1 aromatic rings. The summed E-state index contributed by atoms with van der Waals surface area (Å²) in [5.41, 5.74) is 2.81. The number of ether oxygens (including phenoxy) is 1. The van der Waals surface area contributed by atoms with E-state index in [4.69, 9.17) is 10.6 Å². The maximum atomic E-state index is 5.56. The first-order chi connectivity index (χ1) is 7.65. The summed E-state index contributed by atoms with van der Waals surface area (Å²) in [6, 6.07) is 4.57. The minimum absolute atomic E-state index is 0.200. The number of hydrazine groups is 1. The average Bonchev–Trinajstić information content (AvgIpc) is 2.71. The van der Waals surface area contributed by atoms with E-state index in [2.05, 4.69) is 24.5 Å². The molecule has 4 heteroatoms. The minimum Gasteiger partial charge on any atom is -0.377 e. The molecule has 0 radical (unpaired) electrons. The summed E-state index contributed by atoms with van der Waals surface area (Å²) in [6.45, 7) is 6.91. The molecule has 0 saturated carbocycles. The van der Waals surface area contributed by atoms with E-state index in [0.29, 0.717) is 6.61 Å². The molecule has 0 saturated heterocycles. The number of hydrogen-bond donors (Lipinski definition) is 2. The molecule has 0 spiro atoms. The maximum Gasteiger partial charge on any atom is 0.0640 e. The third kappa shape index (κ3) is 4.61. The molecule has 0 aliphatic heterocycles. The number of hydrogen-bond acceptors (Lipinski definition) is 4. The lowest BCUT2D eigenvalue weighted by molar-refractivity contribution is 0.0614. The average molecular weight is 242 g/mol. The Bertz CT molecular complexity index is 299. The quantitative estimate of drug-likeness (QED) is 0.568. The molecular formula is C12H22N2OS. The van der Waals surface area contributed by atoms with E-state index in [0.717, 1.165) is 12.8 Å². The van der Waals surface area contributed by atoms with Crippen molar-refractivity contribution < 1.29 is 4.74 Å². The number of nitrogens with one attached hydrogen (secondary N) is 1. The molecule has 0 fully saturated rings. The fourth-order valence-corrected chi connectivity index (χ4v) is 2.48. The smallest absolute Gasteiger partial charge is 0.0640 e. The van der Waals surface area contributed by atoms with Crippen molar-refractivity contribution in [3.63, 3.8) is 0 Å². The predicted molar refractivity (Wildman–Crippen MR) is 69.6 cm³/mol. The first-order valence-corrected chi connectivity index (χ1v) is 6.62. The van der Waals surface area contributed by atoms with Crippen molar-refractivity contribution in [3.05, 3.63) is 21.9 Å². The first-order valence-electron chi connectivity index (χ1n) is 5.81. The van der Waals surface area contributed by atoms with Crippen LogP contribution in [0.25, 0.3) is 0 Å². The van der Waals surface area contributed by atoms with Gasteiger partial charge in [-0.15, -0.1) is 11.3 Å². The van der Waals surface area contributed by atoms with Gasteiger partial charge >= 0.3 is 0 Å². The molecule has 1 unspecified atom stereocenters. The van der Waals surface area contributed by atoms with Crippen LogP contribution in [0.5, 0.6) is 0 Å². The molecule has 1 aromatic heterocycles. The van der Waals surface area contributed by atoms with Gasteiger partial charge in [-0.25, -0.2) is 0 Å². The fraction of sp³-hybridized carbons (Fsp3) is 0.667. The molecular weight excluding hydrogens is 220 g/mol. The van der Waals surface area contributed by atoms with Crippen molar-refractivity contribution in [2.45, 2.75) is 45.8 Å². The van der Waals surface area contributed by atoms with Crippen molar-refractivity contribution in [1.29, 1.82) is 0 Å². The third-order valence-electron chi connectivity index (χ3n) is 2.38. The number of aryl methyl sites for hydroxylation is 1. The van der Waals surface area contributed by atoms with Crippen LogP contribution in [0, 0.1) is 0 Å². The van der Waals surface area contributed by atoms with Crippen molar-refractivity contribution in [2.75, 3.05) is 6.61 Å². The molecule has 0 aliphatic rings. The second-order valence-corrected chi connectivity index (χ2v) is 5.42. The van der Waals surface area contributed by atoms with Gasteiger partial charge in [-0.1, -0.05) is 6.92 Å². The van der Waals surface area contributed by atoms with Gasteiger partial charge in [0, 0.05) is 22.2 Å². The Balaban J connectivity index is 2.42. The van der Waals surface area contributed by atoms with Crippen molar-refractivity contribution in [1.82, 2.24) is 5.43 Å². The van der Waals surface area contributed by atoms with Gasteiger partial charge in [0.1, 0.15) is 0 Å². The number of rotatable bonds is 7. The zero-order chi connectivity index (χ0) is 12.0. The lowest BCUT2D eigenvalue weighted by Gasteiger charge is -2.16. The van der Waals surface area contributed by atoms with Crippen LogP contribution in [-0.4, -0.2) is 18.8 Å². The summed E-state index contributed by atoms with van der Waals surface area (Å²) < 4.78 is 5.56. The van der Waals surface area contributed by atoms with Crippen LogP contribution in [0.2, 0.25) is 0 Å². The Morgan fingerprint density at radius 3 is 2.56 bits per heavy atom. The van der Waals surface area contributed by atoms with E-state index in [1.54, 1.807) is 0 Å². The van der Waals surface area contributed by atoms with Crippen LogP contribution >= 0.6 is 11.3 Å². The van der Waals surface area contributed by atoms with Crippen molar-refractivity contribution in [3.8, 4) is 0 Å². The van der Waals surface area contributed by atoms with Gasteiger partial charge in [0.15, 0.2) is 0 Å². The van der Waals surface area contributed by atoms with Gasteiger partial charge in [-0.05, 0) is 32.4 Å². The first kappa shape index (κ1) is 13.6. The molecule has 0 aliphatic carbocycles. The zero-order valence-corrected chi connectivity index (χ0v) is 11.1. The maximum absolute atomic E-state index is 5.56. The molecule has 0 amide bonds.